The van der Waals surface area contributed by atoms with Crippen LogP contribution < -0.4 is 14.8 Å². The molecule has 1 heterocycles. The first kappa shape index (κ1) is 18.3. The number of rotatable bonds is 7. The van der Waals surface area contributed by atoms with Crippen LogP contribution in [0.4, 0.5) is 0 Å². The second-order valence-corrected chi connectivity index (χ2v) is 7.23. The average molecular weight is 353 g/mol. The van der Waals surface area contributed by atoms with Crippen LogP contribution in [0.3, 0.4) is 0 Å². The average Bonchev–Trinajstić information content (AvgIpc) is 3.08. The maximum Gasteiger partial charge on any atom is 0.258 e. The molecule has 26 heavy (non-hydrogen) atoms. The van der Waals surface area contributed by atoms with Crippen molar-refractivity contribution in [1.82, 2.24) is 5.32 Å². The molecule has 4 heteroatoms. The molecule has 0 bridgehead atoms. The molecule has 138 valence electrons. The SMILES string of the molecule is CC(Cc1ccc2c(c1)CCO2)NC(=O)COc1ccc(C(C)C)cc1. The van der Waals surface area contributed by atoms with Crippen LogP contribution in [0.5, 0.6) is 11.5 Å². The molecule has 0 saturated carbocycles. The van der Waals surface area contributed by atoms with Crippen molar-refractivity contribution in [2.45, 2.75) is 45.6 Å². The summed E-state index contributed by atoms with van der Waals surface area (Å²) in [5.41, 5.74) is 3.73. The molecule has 0 aromatic heterocycles. The number of nitrogens with one attached hydrogen (secondary N) is 1. The van der Waals surface area contributed by atoms with Gasteiger partial charge in [0.1, 0.15) is 11.5 Å². The van der Waals surface area contributed by atoms with Gasteiger partial charge >= 0.3 is 0 Å². The number of hydrogen-bond acceptors (Lipinski definition) is 3. The molecule has 1 N–H and O–H groups in total. The molecule has 3 rings (SSSR count). The Balaban J connectivity index is 1.45. The van der Waals surface area contributed by atoms with Crippen LogP contribution in [0.1, 0.15) is 43.4 Å². The van der Waals surface area contributed by atoms with E-state index in [9.17, 15) is 4.79 Å². The molecule has 0 saturated heterocycles. The Morgan fingerprint density at radius 3 is 2.65 bits per heavy atom. The lowest BCUT2D eigenvalue weighted by Crippen LogP contribution is -2.37. The van der Waals surface area contributed by atoms with Gasteiger partial charge in [-0.3, -0.25) is 4.79 Å². The monoisotopic (exact) mass is 353 g/mol. The molecule has 1 aliphatic heterocycles. The molecule has 1 unspecified atom stereocenters. The van der Waals surface area contributed by atoms with Crippen LogP contribution in [0, 0.1) is 0 Å². The van der Waals surface area contributed by atoms with Crippen molar-refractivity contribution < 1.29 is 14.3 Å². The van der Waals surface area contributed by atoms with Crippen LogP contribution in [-0.2, 0) is 17.6 Å². The van der Waals surface area contributed by atoms with E-state index >= 15 is 0 Å². The first-order valence-electron chi connectivity index (χ1n) is 9.28. The van der Waals surface area contributed by atoms with E-state index in [2.05, 4.69) is 31.3 Å². The summed E-state index contributed by atoms with van der Waals surface area (Å²) in [5, 5.41) is 3.00. The highest BCUT2D eigenvalue weighted by atomic mass is 16.5. The third-order valence-electron chi connectivity index (χ3n) is 4.62. The smallest absolute Gasteiger partial charge is 0.258 e. The molecule has 0 spiro atoms. The van der Waals surface area contributed by atoms with Gasteiger partial charge < -0.3 is 14.8 Å². The van der Waals surface area contributed by atoms with Crippen molar-refractivity contribution >= 4 is 5.91 Å². The molecule has 0 radical (unpaired) electrons. The lowest BCUT2D eigenvalue weighted by atomic mass is 10.0. The zero-order chi connectivity index (χ0) is 18.5. The summed E-state index contributed by atoms with van der Waals surface area (Å²) in [6.07, 6.45) is 1.76. The maximum atomic E-state index is 12.1. The first-order chi connectivity index (χ1) is 12.5. The van der Waals surface area contributed by atoms with E-state index in [1.54, 1.807) is 0 Å². The van der Waals surface area contributed by atoms with Crippen molar-refractivity contribution in [3.05, 3.63) is 59.2 Å². The highest BCUT2D eigenvalue weighted by molar-refractivity contribution is 5.77. The van der Waals surface area contributed by atoms with E-state index in [0.717, 1.165) is 30.9 Å². The summed E-state index contributed by atoms with van der Waals surface area (Å²) in [6.45, 7) is 7.11. The van der Waals surface area contributed by atoms with Gasteiger partial charge in [-0.15, -0.1) is 0 Å². The zero-order valence-electron chi connectivity index (χ0n) is 15.7. The number of carbonyl (C=O) groups excluding carboxylic acids is 1. The van der Waals surface area contributed by atoms with Crippen molar-refractivity contribution in [1.29, 1.82) is 0 Å². The minimum atomic E-state index is -0.102. The molecular weight excluding hydrogens is 326 g/mol. The Hall–Kier alpha value is -2.49. The van der Waals surface area contributed by atoms with Gasteiger partial charge in [-0.2, -0.15) is 0 Å². The molecule has 0 aliphatic carbocycles. The van der Waals surface area contributed by atoms with Crippen LogP contribution >= 0.6 is 0 Å². The highest BCUT2D eigenvalue weighted by Gasteiger charge is 2.14. The fourth-order valence-electron chi connectivity index (χ4n) is 3.19. The zero-order valence-corrected chi connectivity index (χ0v) is 15.7. The minimum Gasteiger partial charge on any atom is -0.493 e. The summed E-state index contributed by atoms with van der Waals surface area (Å²) in [7, 11) is 0. The van der Waals surface area contributed by atoms with Gasteiger partial charge in [0.25, 0.3) is 5.91 Å². The number of hydrogen-bond donors (Lipinski definition) is 1. The molecule has 2 aromatic carbocycles. The maximum absolute atomic E-state index is 12.1. The minimum absolute atomic E-state index is 0.0311. The number of carbonyl (C=O) groups is 1. The molecule has 2 aromatic rings. The third-order valence-corrected chi connectivity index (χ3v) is 4.62. The van der Waals surface area contributed by atoms with E-state index in [1.807, 2.05) is 37.3 Å². The van der Waals surface area contributed by atoms with Crippen molar-refractivity contribution in [3.8, 4) is 11.5 Å². The summed E-state index contributed by atoms with van der Waals surface area (Å²) < 4.78 is 11.1. The van der Waals surface area contributed by atoms with Crippen LogP contribution in [0.25, 0.3) is 0 Å². The Morgan fingerprint density at radius 1 is 1.15 bits per heavy atom. The topological polar surface area (TPSA) is 47.6 Å². The van der Waals surface area contributed by atoms with E-state index < -0.39 is 0 Å². The van der Waals surface area contributed by atoms with E-state index in [-0.39, 0.29) is 18.6 Å². The molecule has 0 fully saturated rings. The van der Waals surface area contributed by atoms with Crippen LogP contribution in [0.2, 0.25) is 0 Å². The van der Waals surface area contributed by atoms with Crippen molar-refractivity contribution in [3.63, 3.8) is 0 Å². The van der Waals surface area contributed by atoms with Gasteiger partial charge in [-0.1, -0.05) is 38.1 Å². The fraction of sp³-hybridized carbons (Fsp3) is 0.409. The predicted molar refractivity (Wildman–Crippen MR) is 103 cm³/mol. The second-order valence-electron chi connectivity index (χ2n) is 7.23. The standard InChI is InChI=1S/C22H27NO3/c1-15(2)18-5-7-20(8-6-18)26-14-22(24)23-16(3)12-17-4-9-21-19(13-17)10-11-25-21/h4-9,13,15-16H,10-12,14H2,1-3H3,(H,23,24). The Labute approximate surface area is 155 Å². The van der Waals surface area contributed by atoms with E-state index in [0.29, 0.717) is 5.92 Å². The Morgan fingerprint density at radius 2 is 1.92 bits per heavy atom. The lowest BCUT2D eigenvalue weighted by molar-refractivity contribution is -0.123. The van der Waals surface area contributed by atoms with Gasteiger partial charge in [0.2, 0.25) is 0 Å². The van der Waals surface area contributed by atoms with Gasteiger partial charge in [0, 0.05) is 12.5 Å². The fourth-order valence-corrected chi connectivity index (χ4v) is 3.19. The van der Waals surface area contributed by atoms with E-state index in [4.69, 9.17) is 9.47 Å². The summed E-state index contributed by atoms with van der Waals surface area (Å²) in [4.78, 5) is 12.1. The van der Waals surface area contributed by atoms with Gasteiger partial charge in [-0.25, -0.2) is 0 Å². The highest BCUT2D eigenvalue weighted by Crippen LogP contribution is 2.26. The normalized spacial score (nSPS) is 13.8. The molecule has 1 amide bonds. The van der Waals surface area contributed by atoms with Crippen LogP contribution in [0.15, 0.2) is 42.5 Å². The number of ether oxygens (including phenoxy) is 2. The summed E-state index contributed by atoms with van der Waals surface area (Å²) in [6, 6.07) is 14.2. The van der Waals surface area contributed by atoms with Gasteiger partial charge in [-0.05, 0) is 54.2 Å². The number of benzene rings is 2. The summed E-state index contributed by atoms with van der Waals surface area (Å²) >= 11 is 0. The largest absolute Gasteiger partial charge is 0.493 e. The molecule has 1 aliphatic rings. The first-order valence-corrected chi connectivity index (χ1v) is 9.28. The van der Waals surface area contributed by atoms with E-state index in [1.165, 1.54) is 16.7 Å². The Bertz CT molecular complexity index is 752. The molecular formula is C22H27NO3. The Kier molecular flexibility index (Phi) is 5.82. The molecule has 1 atom stereocenters. The number of amides is 1. The second kappa shape index (κ2) is 8.26. The van der Waals surface area contributed by atoms with Gasteiger partial charge in [0.15, 0.2) is 6.61 Å². The molecule has 4 nitrogen and oxygen atoms in total. The number of fused-ring (bicyclic) bond motifs is 1. The third kappa shape index (κ3) is 4.78. The predicted octanol–water partition coefficient (Wildman–Crippen LogP) is 3.87. The van der Waals surface area contributed by atoms with Crippen LogP contribution in [-0.4, -0.2) is 25.2 Å². The van der Waals surface area contributed by atoms with Crippen molar-refractivity contribution in [2.24, 2.45) is 0 Å². The van der Waals surface area contributed by atoms with Gasteiger partial charge in [0.05, 0.1) is 6.61 Å². The van der Waals surface area contributed by atoms with Crippen molar-refractivity contribution in [2.75, 3.05) is 13.2 Å². The quantitative estimate of drug-likeness (QED) is 0.822. The lowest BCUT2D eigenvalue weighted by Gasteiger charge is -2.15. The summed E-state index contributed by atoms with van der Waals surface area (Å²) in [5.74, 6) is 2.09.